The molecule has 2 atom stereocenters. The van der Waals surface area contributed by atoms with E-state index in [0.29, 0.717) is 18.7 Å². The van der Waals surface area contributed by atoms with Crippen molar-refractivity contribution in [3.8, 4) is 0 Å². The predicted octanol–water partition coefficient (Wildman–Crippen LogP) is 2.82. The van der Waals surface area contributed by atoms with Gasteiger partial charge in [-0.2, -0.15) is 0 Å². The molecule has 1 aliphatic heterocycles. The van der Waals surface area contributed by atoms with Crippen molar-refractivity contribution in [2.75, 3.05) is 13.1 Å². The maximum Gasteiger partial charge on any atom is 0.330 e. The summed E-state index contributed by atoms with van der Waals surface area (Å²) in [6.45, 7) is 6.03. The summed E-state index contributed by atoms with van der Waals surface area (Å²) in [7, 11) is 0. The third kappa shape index (κ3) is 3.83. The number of hydrogen-bond acceptors (Lipinski definition) is 5. The third-order valence-corrected chi connectivity index (χ3v) is 5.19. The summed E-state index contributed by atoms with van der Waals surface area (Å²) in [4.78, 5) is 53.7. The Hall–Kier alpha value is -3.48. The molecule has 30 heavy (non-hydrogen) atoms. The van der Waals surface area contributed by atoms with Gasteiger partial charge < -0.3 is 9.64 Å². The monoisotopic (exact) mass is 408 g/mol. The zero-order valence-electron chi connectivity index (χ0n) is 17.2. The van der Waals surface area contributed by atoms with Crippen molar-refractivity contribution in [1.29, 1.82) is 0 Å². The molecule has 3 rings (SSSR count). The van der Waals surface area contributed by atoms with Crippen LogP contribution in [0.4, 0.5) is 0 Å². The van der Waals surface area contributed by atoms with Gasteiger partial charge in [0.25, 0.3) is 17.7 Å². The number of hydrogen-bond donors (Lipinski definition) is 0. The lowest BCUT2D eigenvalue weighted by Crippen LogP contribution is -2.45. The molecule has 2 aromatic carbocycles. The number of esters is 1. The Morgan fingerprint density at radius 1 is 0.900 bits per heavy atom. The number of rotatable bonds is 7. The smallest absolute Gasteiger partial charge is 0.330 e. The maximum absolute atomic E-state index is 13.0. The van der Waals surface area contributed by atoms with Gasteiger partial charge in [-0.1, -0.05) is 42.5 Å². The minimum atomic E-state index is -1.17. The average Bonchev–Trinajstić information content (AvgIpc) is 3.03. The molecule has 0 aliphatic carbocycles. The van der Waals surface area contributed by atoms with Crippen LogP contribution in [0.2, 0.25) is 0 Å². The van der Waals surface area contributed by atoms with E-state index in [-0.39, 0.29) is 17.0 Å². The molecule has 0 bridgehead atoms. The second-order valence-corrected chi connectivity index (χ2v) is 6.94. The van der Waals surface area contributed by atoms with E-state index in [1.165, 1.54) is 6.92 Å². The topological polar surface area (TPSA) is 84.0 Å². The van der Waals surface area contributed by atoms with Crippen LogP contribution >= 0.6 is 0 Å². The average molecular weight is 408 g/mol. The van der Waals surface area contributed by atoms with E-state index in [1.54, 1.807) is 59.5 Å². The van der Waals surface area contributed by atoms with Gasteiger partial charge in [-0.25, -0.2) is 4.79 Å². The van der Waals surface area contributed by atoms with E-state index in [9.17, 15) is 19.2 Å². The van der Waals surface area contributed by atoms with Crippen molar-refractivity contribution in [2.45, 2.75) is 32.9 Å². The normalized spacial score (nSPS) is 14.8. The second kappa shape index (κ2) is 8.90. The van der Waals surface area contributed by atoms with Crippen LogP contribution < -0.4 is 0 Å². The number of ether oxygens (including phenoxy) is 1. The highest BCUT2D eigenvalue weighted by molar-refractivity contribution is 6.22. The number of imide groups is 1. The molecular weight excluding hydrogens is 384 g/mol. The number of carbonyl (C=O) groups is 4. The molecule has 3 amide bonds. The molecule has 7 heteroatoms. The van der Waals surface area contributed by atoms with Gasteiger partial charge in [-0.15, -0.1) is 0 Å². The van der Waals surface area contributed by atoms with Gasteiger partial charge in [0, 0.05) is 18.7 Å². The molecule has 2 aromatic rings. The van der Waals surface area contributed by atoms with Crippen molar-refractivity contribution >= 4 is 23.7 Å². The number of amides is 3. The minimum absolute atomic E-state index is 0.251. The van der Waals surface area contributed by atoms with E-state index in [0.717, 1.165) is 4.90 Å². The second-order valence-electron chi connectivity index (χ2n) is 6.94. The number of likely N-dealkylation sites (N-methyl/N-ethyl adjacent to an activating group) is 1. The van der Waals surface area contributed by atoms with Crippen LogP contribution in [0.1, 0.15) is 53.2 Å². The molecule has 0 spiro atoms. The first kappa shape index (κ1) is 21.2. The Balaban J connectivity index is 1.85. The molecule has 0 aromatic heterocycles. The first-order chi connectivity index (χ1) is 14.4. The van der Waals surface area contributed by atoms with Crippen molar-refractivity contribution < 1.29 is 23.9 Å². The van der Waals surface area contributed by atoms with Crippen molar-refractivity contribution in [3.63, 3.8) is 0 Å². The van der Waals surface area contributed by atoms with Crippen molar-refractivity contribution in [2.24, 2.45) is 0 Å². The molecule has 7 nitrogen and oxygen atoms in total. The summed E-state index contributed by atoms with van der Waals surface area (Å²) >= 11 is 0. The maximum atomic E-state index is 13.0. The van der Waals surface area contributed by atoms with Crippen LogP contribution in [0, 0.1) is 0 Å². The first-order valence-corrected chi connectivity index (χ1v) is 9.91. The van der Waals surface area contributed by atoms with Gasteiger partial charge in [0.15, 0.2) is 0 Å². The Morgan fingerprint density at radius 3 is 1.90 bits per heavy atom. The quantitative estimate of drug-likeness (QED) is 0.520. The first-order valence-electron chi connectivity index (χ1n) is 9.91. The van der Waals surface area contributed by atoms with Gasteiger partial charge in [-0.3, -0.25) is 19.3 Å². The van der Waals surface area contributed by atoms with Gasteiger partial charge in [-0.05, 0) is 32.9 Å². The third-order valence-electron chi connectivity index (χ3n) is 5.19. The molecule has 0 radical (unpaired) electrons. The van der Waals surface area contributed by atoms with Crippen molar-refractivity contribution in [3.05, 3.63) is 71.3 Å². The summed E-state index contributed by atoms with van der Waals surface area (Å²) in [5.41, 5.74) is 1.03. The van der Waals surface area contributed by atoms with E-state index in [1.807, 2.05) is 13.8 Å². The lowest BCUT2D eigenvalue weighted by atomic mass is 10.1. The largest absolute Gasteiger partial charge is 0.446 e. The van der Waals surface area contributed by atoms with E-state index in [2.05, 4.69) is 0 Å². The molecule has 1 aliphatic rings. The zero-order valence-corrected chi connectivity index (χ0v) is 17.2. The van der Waals surface area contributed by atoms with Crippen molar-refractivity contribution in [1.82, 2.24) is 9.80 Å². The fraction of sp³-hybridized carbons (Fsp3) is 0.304. The highest BCUT2D eigenvalue weighted by Gasteiger charge is 2.42. The van der Waals surface area contributed by atoms with Crippen LogP contribution in [0.5, 0.6) is 0 Å². The van der Waals surface area contributed by atoms with E-state index >= 15 is 0 Å². The Kier molecular flexibility index (Phi) is 6.30. The molecule has 1 heterocycles. The Bertz CT molecular complexity index is 934. The number of fused-ring (bicyclic) bond motifs is 1. The van der Waals surface area contributed by atoms with Gasteiger partial charge in [0.2, 0.25) is 6.10 Å². The summed E-state index contributed by atoms with van der Waals surface area (Å²) in [5, 5.41) is 0. The molecule has 156 valence electrons. The summed E-state index contributed by atoms with van der Waals surface area (Å²) < 4.78 is 5.58. The molecule has 0 saturated carbocycles. The lowest BCUT2D eigenvalue weighted by molar-refractivity contribution is -0.163. The van der Waals surface area contributed by atoms with Crippen LogP contribution in [0.3, 0.4) is 0 Å². The van der Waals surface area contributed by atoms with Crippen LogP contribution in [-0.2, 0) is 14.3 Å². The van der Waals surface area contributed by atoms with Crippen LogP contribution in [0.15, 0.2) is 54.6 Å². The fourth-order valence-corrected chi connectivity index (χ4v) is 3.47. The van der Waals surface area contributed by atoms with Gasteiger partial charge in [0.1, 0.15) is 6.04 Å². The minimum Gasteiger partial charge on any atom is -0.446 e. The molecule has 0 N–H and O–H groups in total. The summed E-state index contributed by atoms with van der Waals surface area (Å²) in [6.07, 6.45) is -1.16. The standard InChI is InChI=1S/C23H24N2O5/c1-4-24(5-2)22(28)19(16-11-7-6-8-12-16)30-23(29)15(3)25-20(26)17-13-9-10-14-18(17)21(25)27/h6-15,19H,4-5H2,1-3H3/t15-,19-/m0/s1. The number of nitrogens with zero attached hydrogens (tertiary/aromatic N) is 2. The fourth-order valence-electron chi connectivity index (χ4n) is 3.47. The van der Waals surface area contributed by atoms with Crippen LogP contribution in [-0.4, -0.2) is 52.6 Å². The number of benzene rings is 2. The SMILES string of the molecule is CCN(CC)C(=O)[C@@H](OC(=O)[C@H](C)N1C(=O)c2ccccc2C1=O)c1ccccc1. The molecule has 0 fully saturated rings. The molecule has 0 unspecified atom stereocenters. The molecular formula is C23H24N2O5. The van der Waals surface area contributed by atoms with Gasteiger partial charge >= 0.3 is 5.97 Å². The zero-order chi connectivity index (χ0) is 21.8. The van der Waals surface area contributed by atoms with Crippen LogP contribution in [0.25, 0.3) is 0 Å². The van der Waals surface area contributed by atoms with E-state index < -0.39 is 29.9 Å². The Labute approximate surface area is 175 Å². The molecule has 0 saturated heterocycles. The highest BCUT2D eigenvalue weighted by atomic mass is 16.6. The highest BCUT2D eigenvalue weighted by Crippen LogP contribution is 2.27. The predicted molar refractivity (Wildman–Crippen MR) is 110 cm³/mol. The summed E-state index contributed by atoms with van der Waals surface area (Å²) in [5.74, 6) is -2.27. The Morgan fingerprint density at radius 2 is 1.40 bits per heavy atom. The van der Waals surface area contributed by atoms with E-state index in [4.69, 9.17) is 4.74 Å². The lowest BCUT2D eigenvalue weighted by Gasteiger charge is -2.27. The number of carbonyl (C=O) groups excluding carboxylic acids is 4. The van der Waals surface area contributed by atoms with Gasteiger partial charge in [0.05, 0.1) is 11.1 Å². The summed E-state index contributed by atoms with van der Waals surface area (Å²) in [6, 6.07) is 13.9.